The summed E-state index contributed by atoms with van der Waals surface area (Å²) in [6.45, 7) is -0.200. The van der Waals surface area contributed by atoms with E-state index >= 15 is 0 Å². The molecule has 0 fully saturated rings. The van der Waals surface area contributed by atoms with Crippen LogP contribution in [0.5, 0.6) is 0 Å². The van der Waals surface area contributed by atoms with Gasteiger partial charge in [-0.25, -0.2) is 8.61 Å². The fraction of sp³-hybridized carbons (Fsp3) is 0.100. The number of thiophene rings is 2. The van der Waals surface area contributed by atoms with Crippen LogP contribution in [0.1, 0.15) is 11.8 Å². The van der Waals surface area contributed by atoms with Crippen molar-refractivity contribution in [3.63, 3.8) is 0 Å². The first-order valence-electron chi connectivity index (χ1n) is 9.69. The first kappa shape index (κ1) is 20.1. The van der Waals surface area contributed by atoms with Crippen molar-refractivity contribution in [1.29, 1.82) is 0 Å². The smallest absolute Gasteiger partial charge is 0.327 e. The minimum Gasteiger partial charge on any atom is -0.337 e. The summed E-state index contributed by atoms with van der Waals surface area (Å²) in [5, 5.41) is 15.6. The molecule has 33 heavy (non-hydrogen) atoms. The zero-order chi connectivity index (χ0) is 22.4. The molecular weight excluding hydrogens is 484 g/mol. The molecule has 4 aromatic heterocycles. The van der Waals surface area contributed by atoms with Gasteiger partial charge >= 0.3 is 10.2 Å². The van der Waals surface area contributed by atoms with Crippen LogP contribution in [0, 0.1) is 0 Å². The number of hydrogen-bond donors (Lipinski definition) is 0. The average molecular weight is 499 g/mol. The van der Waals surface area contributed by atoms with Crippen molar-refractivity contribution in [1.82, 2.24) is 20.3 Å². The van der Waals surface area contributed by atoms with Crippen LogP contribution in [-0.2, 0) is 23.3 Å². The molecule has 6 rings (SSSR count). The summed E-state index contributed by atoms with van der Waals surface area (Å²) in [5.74, 6) is 1.21. The molecule has 0 saturated carbocycles. The topological polar surface area (TPSA) is 118 Å². The lowest BCUT2D eigenvalue weighted by molar-refractivity contribution is 0.379. The predicted octanol–water partition coefficient (Wildman–Crippen LogP) is 4.18. The number of hydrogen-bond acceptors (Lipinski definition) is 10. The third-order valence-corrected chi connectivity index (χ3v) is 8.16. The number of rotatable bonds is 6. The summed E-state index contributed by atoms with van der Waals surface area (Å²) < 4.78 is 40.2. The maximum atomic E-state index is 13.5. The Hall–Kier alpha value is -3.55. The van der Waals surface area contributed by atoms with Gasteiger partial charge in [-0.1, -0.05) is 22.4 Å². The van der Waals surface area contributed by atoms with Crippen LogP contribution < -0.4 is 8.61 Å². The monoisotopic (exact) mass is 498 g/mol. The lowest BCUT2D eigenvalue weighted by Crippen LogP contribution is -2.37. The van der Waals surface area contributed by atoms with Gasteiger partial charge in [0.15, 0.2) is 0 Å². The largest absolute Gasteiger partial charge is 0.337 e. The lowest BCUT2D eigenvalue weighted by atomic mass is 10.2. The molecule has 5 aromatic rings. The van der Waals surface area contributed by atoms with Crippen molar-refractivity contribution in [2.75, 3.05) is 8.61 Å². The molecule has 0 atom stereocenters. The number of para-hydroxylation sites is 2. The molecule has 0 spiro atoms. The third-order valence-electron chi connectivity index (χ3n) is 5.03. The molecule has 5 heterocycles. The standard InChI is InChI=1S/C20H14N6O4S3/c27-33(28)25(9-17-21-19(23-29-17)13-5-7-31-11-13)15-3-1-2-4-16(15)26(33)10-18-22-20(24-30-18)14-6-8-32-12-14/h1-8,11-12H,9-10H2. The van der Waals surface area contributed by atoms with Gasteiger partial charge in [0.2, 0.25) is 23.4 Å². The van der Waals surface area contributed by atoms with E-state index in [1.807, 2.05) is 33.7 Å². The van der Waals surface area contributed by atoms with E-state index in [1.54, 1.807) is 24.3 Å². The molecule has 0 saturated heterocycles. The summed E-state index contributed by atoms with van der Waals surface area (Å²) in [6, 6.07) is 10.8. The van der Waals surface area contributed by atoms with Gasteiger partial charge in [0.25, 0.3) is 0 Å². The summed E-state index contributed by atoms with van der Waals surface area (Å²) in [4.78, 5) is 8.72. The fourth-order valence-corrected chi connectivity index (χ4v) is 6.35. The molecule has 0 radical (unpaired) electrons. The molecule has 13 heteroatoms. The van der Waals surface area contributed by atoms with Gasteiger partial charge in [0.1, 0.15) is 13.1 Å². The van der Waals surface area contributed by atoms with Gasteiger partial charge in [-0.3, -0.25) is 0 Å². The Labute approximate surface area is 195 Å². The van der Waals surface area contributed by atoms with E-state index in [0.29, 0.717) is 23.0 Å². The van der Waals surface area contributed by atoms with Crippen molar-refractivity contribution >= 4 is 44.3 Å². The lowest BCUT2D eigenvalue weighted by Gasteiger charge is -2.19. The Morgan fingerprint density at radius 3 is 1.67 bits per heavy atom. The van der Waals surface area contributed by atoms with Crippen molar-refractivity contribution in [2.24, 2.45) is 0 Å². The number of fused-ring (bicyclic) bond motifs is 1. The summed E-state index contributed by atoms with van der Waals surface area (Å²) >= 11 is 3.03. The van der Waals surface area contributed by atoms with Crippen molar-refractivity contribution in [3.05, 3.63) is 69.7 Å². The van der Waals surface area contributed by atoms with Crippen LogP contribution in [0.3, 0.4) is 0 Å². The Kier molecular flexibility index (Phi) is 4.74. The minimum absolute atomic E-state index is 0.100. The number of anilines is 2. The second kappa shape index (κ2) is 7.79. The zero-order valence-corrected chi connectivity index (χ0v) is 19.2. The normalized spacial score (nSPS) is 14.7. The molecule has 0 unspecified atom stereocenters. The van der Waals surface area contributed by atoms with E-state index in [2.05, 4.69) is 20.3 Å². The Balaban J connectivity index is 1.30. The van der Waals surface area contributed by atoms with Gasteiger partial charge in [0.05, 0.1) is 11.4 Å². The van der Waals surface area contributed by atoms with Crippen LogP contribution in [0.25, 0.3) is 22.8 Å². The van der Waals surface area contributed by atoms with E-state index in [-0.39, 0.29) is 24.9 Å². The molecule has 10 nitrogen and oxygen atoms in total. The van der Waals surface area contributed by atoms with Gasteiger partial charge in [0, 0.05) is 21.9 Å². The van der Waals surface area contributed by atoms with E-state index in [4.69, 9.17) is 9.05 Å². The molecular formula is C20H14N6O4S3. The molecule has 1 aromatic carbocycles. The fourth-order valence-electron chi connectivity index (χ4n) is 3.49. The van der Waals surface area contributed by atoms with Crippen LogP contribution >= 0.6 is 22.7 Å². The molecule has 0 amide bonds. The Bertz CT molecular complexity index is 1400. The first-order valence-corrected chi connectivity index (χ1v) is 13.0. The van der Waals surface area contributed by atoms with Crippen LogP contribution in [0.2, 0.25) is 0 Å². The van der Waals surface area contributed by atoms with Crippen LogP contribution in [0.4, 0.5) is 11.4 Å². The van der Waals surface area contributed by atoms with E-state index in [9.17, 15) is 8.42 Å². The molecule has 0 bridgehead atoms. The molecule has 0 N–H and O–H groups in total. The highest BCUT2D eigenvalue weighted by atomic mass is 32.2. The maximum absolute atomic E-state index is 13.5. The SMILES string of the molecule is O=S1(=O)N(Cc2nc(-c3ccsc3)no2)c2ccccc2N1Cc1nc(-c2ccsc2)no1. The second-order valence-electron chi connectivity index (χ2n) is 7.06. The van der Waals surface area contributed by atoms with Crippen molar-refractivity contribution in [3.8, 4) is 22.8 Å². The zero-order valence-electron chi connectivity index (χ0n) is 16.7. The van der Waals surface area contributed by atoms with E-state index in [1.165, 1.54) is 31.3 Å². The van der Waals surface area contributed by atoms with Crippen LogP contribution in [-0.4, -0.2) is 28.7 Å². The van der Waals surface area contributed by atoms with E-state index in [0.717, 1.165) is 11.1 Å². The quantitative estimate of drug-likeness (QED) is 0.342. The highest BCUT2D eigenvalue weighted by Crippen LogP contribution is 2.42. The minimum atomic E-state index is -3.96. The average Bonchev–Trinajstić information content (AvgIpc) is 3.63. The van der Waals surface area contributed by atoms with Gasteiger partial charge in [-0.15, -0.1) is 0 Å². The maximum Gasteiger partial charge on any atom is 0.327 e. The van der Waals surface area contributed by atoms with Gasteiger partial charge in [-0.2, -0.15) is 41.1 Å². The summed E-state index contributed by atoms with van der Waals surface area (Å²) in [6.07, 6.45) is 0. The van der Waals surface area contributed by atoms with Gasteiger partial charge < -0.3 is 9.05 Å². The molecule has 1 aliphatic rings. The van der Waals surface area contributed by atoms with Gasteiger partial charge in [-0.05, 0) is 35.0 Å². The number of aromatic nitrogens is 4. The predicted molar refractivity (Wildman–Crippen MR) is 123 cm³/mol. The molecule has 0 aliphatic carbocycles. The summed E-state index contributed by atoms with van der Waals surface area (Å²) in [7, 11) is -3.96. The third kappa shape index (κ3) is 3.50. The highest BCUT2D eigenvalue weighted by Gasteiger charge is 2.42. The molecule has 166 valence electrons. The second-order valence-corrected chi connectivity index (χ2v) is 10.4. The number of benzene rings is 1. The van der Waals surface area contributed by atoms with E-state index < -0.39 is 10.2 Å². The molecule has 1 aliphatic heterocycles. The Morgan fingerprint density at radius 1 is 0.758 bits per heavy atom. The highest BCUT2D eigenvalue weighted by molar-refractivity contribution is 7.94. The van der Waals surface area contributed by atoms with Crippen molar-refractivity contribution in [2.45, 2.75) is 13.1 Å². The van der Waals surface area contributed by atoms with Crippen molar-refractivity contribution < 1.29 is 17.5 Å². The summed E-state index contributed by atoms with van der Waals surface area (Å²) in [5.41, 5.74) is 2.65. The first-order chi connectivity index (χ1) is 16.1. The Morgan fingerprint density at radius 2 is 1.24 bits per heavy atom. The number of nitrogens with zero attached hydrogens (tertiary/aromatic N) is 6. The van der Waals surface area contributed by atoms with Crippen LogP contribution in [0.15, 0.2) is 67.0 Å².